The Hall–Kier alpha value is -0.610. The number of carbonyl (C=O) groups is 1. The molecule has 2 unspecified atom stereocenters. The zero-order chi connectivity index (χ0) is 14.6. The van der Waals surface area contributed by atoms with Gasteiger partial charge in [0.05, 0.1) is 0 Å². The number of nitrogens with zero attached hydrogens (tertiary/aromatic N) is 1. The molecule has 0 radical (unpaired) electrons. The third-order valence-corrected chi connectivity index (χ3v) is 5.55. The molecule has 2 aliphatic carbocycles. The molecule has 0 spiro atoms. The molecule has 4 heteroatoms. The van der Waals surface area contributed by atoms with E-state index in [1.54, 1.807) is 7.05 Å². The Morgan fingerprint density at radius 2 is 2.00 bits per heavy atom. The topological polar surface area (TPSA) is 52.6 Å². The lowest BCUT2D eigenvalue weighted by Crippen LogP contribution is -2.53. The summed E-state index contributed by atoms with van der Waals surface area (Å²) in [4.78, 5) is 14.0. The van der Waals surface area contributed by atoms with E-state index in [0.29, 0.717) is 0 Å². The fourth-order valence-corrected chi connectivity index (χ4v) is 4.29. The van der Waals surface area contributed by atoms with Gasteiger partial charge in [-0.1, -0.05) is 19.3 Å². The van der Waals surface area contributed by atoms with Gasteiger partial charge in [0.1, 0.15) is 5.54 Å². The van der Waals surface area contributed by atoms with Gasteiger partial charge in [0, 0.05) is 6.54 Å². The van der Waals surface area contributed by atoms with E-state index in [1.807, 2.05) is 0 Å². The molecule has 0 aromatic carbocycles. The monoisotopic (exact) mass is 282 g/mol. The molecular formula is C16H30N2O2. The number of hydrogen-bond donors (Lipinski definition) is 2. The lowest BCUT2D eigenvalue weighted by molar-refractivity contribution is -0.146. The maximum atomic E-state index is 11.6. The minimum Gasteiger partial charge on any atom is -0.480 e. The van der Waals surface area contributed by atoms with Crippen molar-refractivity contribution in [2.24, 2.45) is 11.8 Å². The van der Waals surface area contributed by atoms with Gasteiger partial charge in [0.15, 0.2) is 0 Å². The standard InChI is InChI=1S/C16H30N2O2/c1-17-16(15(19)20)10-5-8-14(16)9-11-18(2)12-13-6-3-4-7-13/h13-14,17H,3-12H2,1-2H3,(H,19,20). The van der Waals surface area contributed by atoms with E-state index >= 15 is 0 Å². The highest BCUT2D eigenvalue weighted by Crippen LogP contribution is 2.38. The van der Waals surface area contributed by atoms with E-state index in [1.165, 1.54) is 32.2 Å². The first kappa shape index (κ1) is 15.8. The van der Waals surface area contributed by atoms with Crippen LogP contribution in [0, 0.1) is 11.8 Å². The number of carboxylic acid groups (broad SMARTS) is 1. The van der Waals surface area contributed by atoms with Crippen molar-refractivity contribution in [3.8, 4) is 0 Å². The molecule has 2 fully saturated rings. The van der Waals surface area contributed by atoms with Crippen LogP contribution in [0.2, 0.25) is 0 Å². The molecule has 4 nitrogen and oxygen atoms in total. The molecule has 2 aliphatic rings. The van der Waals surface area contributed by atoms with E-state index in [4.69, 9.17) is 0 Å². The molecule has 0 aromatic heterocycles. The molecule has 0 heterocycles. The maximum Gasteiger partial charge on any atom is 0.324 e. The van der Waals surface area contributed by atoms with Gasteiger partial charge in [-0.2, -0.15) is 0 Å². The Bertz CT molecular complexity index is 328. The molecule has 20 heavy (non-hydrogen) atoms. The first-order valence-corrected chi connectivity index (χ1v) is 8.19. The van der Waals surface area contributed by atoms with Crippen molar-refractivity contribution < 1.29 is 9.90 Å². The van der Waals surface area contributed by atoms with Gasteiger partial charge in [-0.15, -0.1) is 0 Å². The fourth-order valence-electron chi connectivity index (χ4n) is 4.29. The van der Waals surface area contributed by atoms with Crippen molar-refractivity contribution in [3.05, 3.63) is 0 Å². The van der Waals surface area contributed by atoms with Gasteiger partial charge < -0.3 is 15.3 Å². The van der Waals surface area contributed by atoms with E-state index in [9.17, 15) is 9.90 Å². The van der Waals surface area contributed by atoms with Crippen LogP contribution in [-0.4, -0.2) is 48.7 Å². The predicted molar refractivity (Wildman–Crippen MR) is 80.8 cm³/mol. The number of hydrogen-bond acceptors (Lipinski definition) is 3. The SMILES string of the molecule is CNC1(C(=O)O)CCCC1CCN(C)CC1CCCC1. The number of nitrogens with one attached hydrogen (secondary N) is 1. The Balaban J connectivity index is 1.81. The first-order chi connectivity index (χ1) is 9.58. The second-order valence-electron chi connectivity index (χ2n) is 6.82. The van der Waals surface area contributed by atoms with Crippen molar-refractivity contribution >= 4 is 5.97 Å². The van der Waals surface area contributed by atoms with Crippen LogP contribution >= 0.6 is 0 Å². The summed E-state index contributed by atoms with van der Waals surface area (Å²) in [5.41, 5.74) is -0.672. The molecule has 2 atom stereocenters. The van der Waals surface area contributed by atoms with Gasteiger partial charge in [-0.3, -0.25) is 4.79 Å². The van der Waals surface area contributed by atoms with Crippen LogP contribution in [0.1, 0.15) is 51.4 Å². The van der Waals surface area contributed by atoms with E-state index in [0.717, 1.165) is 38.1 Å². The summed E-state index contributed by atoms with van der Waals surface area (Å²) in [6.45, 7) is 2.21. The van der Waals surface area contributed by atoms with Crippen molar-refractivity contribution in [1.82, 2.24) is 10.2 Å². The van der Waals surface area contributed by atoms with E-state index in [2.05, 4.69) is 17.3 Å². The first-order valence-electron chi connectivity index (χ1n) is 8.19. The minimum absolute atomic E-state index is 0.274. The molecule has 0 aromatic rings. The third-order valence-electron chi connectivity index (χ3n) is 5.55. The van der Waals surface area contributed by atoms with Crippen LogP contribution in [-0.2, 0) is 4.79 Å². The van der Waals surface area contributed by atoms with Crippen LogP contribution in [0.5, 0.6) is 0 Å². The van der Waals surface area contributed by atoms with Crippen LogP contribution in [0.25, 0.3) is 0 Å². The molecule has 0 amide bonds. The normalized spacial score (nSPS) is 31.2. The molecule has 0 saturated heterocycles. The van der Waals surface area contributed by atoms with Crippen molar-refractivity contribution in [1.29, 1.82) is 0 Å². The molecular weight excluding hydrogens is 252 g/mol. The molecule has 2 N–H and O–H groups in total. The summed E-state index contributed by atoms with van der Waals surface area (Å²) in [5, 5.41) is 12.7. The van der Waals surface area contributed by atoms with E-state index in [-0.39, 0.29) is 5.92 Å². The molecule has 0 aliphatic heterocycles. The van der Waals surface area contributed by atoms with Crippen molar-refractivity contribution in [2.75, 3.05) is 27.2 Å². The summed E-state index contributed by atoms with van der Waals surface area (Å²) in [7, 11) is 3.99. The highest BCUT2D eigenvalue weighted by atomic mass is 16.4. The van der Waals surface area contributed by atoms with Gasteiger partial charge >= 0.3 is 5.97 Å². The summed E-state index contributed by atoms with van der Waals surface area (Å²) in [6, 6.07) is 0. The Labute approximate surface area is 122 Å². The van der Waals surface area contributed by atoms with E-state index < -0.39 is 11.5 Å². The number of aliphatic carboxylic acids is 1. The molecule has 116 valence electrons. The van der Waals surface area contributed by atoms with Gasteiger partial charge in [-0.25, -0.2) is 0 Å². The largest absolute Gasteiger partial charge is 0.480 e. The van der Waals surface area contributed by atoms with Gasteiger partial charge in [0.2, 0.25) is 0 Å². The second-order valence-corrected chi connectivity index (χ2v) is 6.82. The number of rotatable bonds is 7. The van der Waals surface area contributed by atoms with Crippen molar-refractivity contribution in [2.45, 2.75) is 56.9 Å². The third kappa shape index (κ3) is 3.34. The fraction of sp³-hybridized carbons (Fsp3) is 0.938. The summed E-state index contributed by atoms with van der Waals surface area (Å²) >= 11 is 0. The second kappa shape index (κ2) is 6.90. The smallest absolute Gasteiger partial charge is 0.324 e. The van der Waals surface area contributed by atoms with Crippen LogP contribution in [0.3, 0.4) is 0 Å². The summed E-state index contributed by atoms with van der Waals surface area (Å²) < 4.78 is 0. The predicted octanol–water partition coefficient (Wildman–Crippen LogP) is 2.34. The Morgan fingerprint density at radius 1 is 1.30 bits per heavy atom. The number of carboxylic acids is 1. The number of likely N-dealkylation sites (N-methyl/N-ethyl adjacent to an activating group) is 1. The highest BCUT2D eigenvalue weighted by molar-refractivity contribution is 5.79. The average molecular weight is 282 g/mol. The zero-order valence-corrected chi connectivity index (χ0v) is 13.0. The zero-order valence-electron chi connectivity index (χ0n) is 13.0. The molecule has 2 saturated carbocycles. The Kier molecular flexibility index (Phi) is 5.44. The van der Waals surface area contributed by atoms with Crippen LogP contribution in [0.15, 0.2) is 0 Å². The lowest BCUT2D eigenvalue weighted by Gasteiger charge is -2.32. The lowest BCUT2D eigenvalue weighted by atomic mass is 9.84. The summed E-state index contributed by atoms with van der Waals surface area (Å²) in [5.74, 6) is 0.481. The minimum atomic E-state index is -0.672. The quantitative estimate of drug-likeness (QED) is 0.752. The molecule has 0 bridgehead atoms. The van der Waals surface area contributed by atoms with Gasteiger partial charge in [-0.05, 0) is 64.6 Å². The average Bonchev–Trinajstić information content (AvgIpc) is 3.05. The van der Waals surface area contributed by atoms with Gasteiger partial charge in [0.25, 0.3) is 0 Å². The maximum absolute atomic E-state index is 11.6. The molecule has 2 rings (SSSR count). The Morgan fingerprint density at radius 3 is 2.60 bits per heavy atom. The van der Waals surface area contributed by atoms with Crippen LogP contribution in [0.4, 0.5) is 0 Å². The van der Waals surface area contributed by atoms with Crippen LogP contribution < -0.4 is 5.32 Å². The highest BCUT2D eigenvalue weighted by Gasteiger charge is 2.47. The van der Waals surface area contributed by atoms with Crippen molar-refractivity contribution in [3.63, 3.8) is 0 Å². The summed E-state index contributed by atoms with van der Waals surface area (Å²) in [6.07, 6.45) is 9.39.